The maximum Gasteiger partial charge on any atom is 0.137 e. The molecule has 0 fully saturated rings. The number of hydrogen-bond acceptors (Lipinski definition) is 1. The zero-order valence-electron chi connectivity index (χ0n) is 30.7. The van der Waals surface area contributed by atoms with Crippen LogP contribution in [0.1, 0.15) is 25.0 Å². The summed E-state index contributed by atoms with van der Waals surface area (Å²) in [4.78, 5) is 0. The minimum Gasteiger partial charge on any atom is -0.456 e. The van der Waals surface area contributed by atoms with Crippen molar-refractivity contribution in [3.05, 3.63) is 188 Å². The van der Waals surface area contributed by atoms with Crippen molar-refractivity contribution in [1.29, 1.82) is 0 Å². The van der Waals surface area contributed by atoms with Gasteiger partial charge in [-0.25, -0.2) is 0 Å². The number of aromatic nitrogens is 2. The fraction of sp³-hybridized carbons (Fsp3) is 0.0577. The molecule has 0 unspecified atom stereocenters. The number of nitrogens with zero attached hydrogens (tertiary/aromatic N) is 2. The normalized spacial score (nSPS) is 13.6. The van der Waals surface area contributed by atoms with Gasteiger partial charge in [0.2, 0.25) is 0 Å². The molecule has 0 spiro atoms. The SMILES string of the molecule is C=C=C/C(=C\C=C)n1c2ccc(-c3ccc4oc5cccc(-n6c7ccccc7c7ccccc76)c5c4c3)cc2c2cc3c(cc21)C(C)(C)c1ccccc1-3. The molecule has 0 N–H and O–H groups in total. The highest BCUT2D eigenvalue weighted by Crippen LogP contribution is 2.51. The first-order chi connectivity index (χ1) is 27.0. The highest BCUT2D eigenvalue weighted by Gasteiger charge is 2.36. The van der Waals surface area contributed by atoms with Crippen molar-refractivity contribution in [3.8, 4) is 27.9 Å². The van der Waals surface area contributed by atoms with Crippen LogP contribution in [0.15, 0.2) is 181 Å². The molecule has 3 nitrogen and oxygen atoms in total. The van der Waals surface area contributed by atoms with Gasteiger partial charge in [-0.3, -0.25) is 0 Å². The van der Waals surface area contributed by atoms with Crippen LogP contribution in [0.5, 0.6) is 0 Å². The molecule has 0 atom stereocenters. The van der Waals surface area contributed by atoms with Gasteiger partial charge in [-0.1, -0.05) is 112 Å². The van der Waals surface area contributed by atoms with Crippen LogP contribution in [0.4, 0.5) is 0 Å². The molecular formula is C52H36N2O. The zero-order chi connectivity index (χ0) is 37.0. The Bertz CT molecular complexity index is 3320. The smallest absolute Gasteiger partial charge is 0.137 e. The van der Waals surface area contributed by atoms with Crippen LogP contribution >= 0.6 is 0 Å². The minimum absolute atomic E-state index is 0.121. The maximum atomic E-state index is 6.55. The summed E-state index contributed by atoms with van der Waals surface area (Å²) in [6, 6.07) is 50.8. The highest BCUT2D eigenvalue weighted by molar-refractivity contribution is 6.16. The number of rotatable bonds is 5. The van der Waals surface area contributed by atoms with Crippen LogP contribution in [-0.2, 0) is 5.41 Å². The summed E-state index contributed by atoms with van der Waals surface area (Å²) in [5.41, 5.74) is 19.0. The van der Waals surface area contributed by atoms with Gasteiger partial charge in [-0.05, 0) is 100 Å². The average molecular weight is 705 g/mol. The van der Waals surface area contributed by atoms with Gasteiger partial charge < -0.3 is 13.6 Å². The summed E-state index contributed by atoms with van der Waals surface area (Å²) in [5, 5.41) is 7.08. The van der Waals surface area contributed by atoms with Gasteiger partial charge in [0.1, 0.15) is 11.2 Å². The molecule has 7 aromatic carbocycles. The second-order valence-electron chi connectivity index (χ2n) is 15.2. The van der Waals surface area contributed by atoms with Crippen LogP contribution in [0.25, 0.3) is 99.2 Å². The van der Waals surface area contributed by atoms with Gasteiger partial charge in [-0.2, -0.15) is 0 Å². The zero-order valence-corrected chi connectivity index (χ0v) is 30.7. The van der Waals surface area contributed by atoms with E-state index in [9.17, 15) is 0 Å². The summed E-state index contributed by atoms with van der Waals surface area (Å²) in [6.45, 7) is 12.6. The minimum atomic E-state index is -0.121. The van der Waals surface area contributed by atoms with E-state index in [-0.39, 0.29) is 5.41 Å². The topological polar surface area (TPSA) is 23.0 Å². The third-order valence-electron chi connectivity index (χ3n) is 11.9. The predicted octanol–water partition coefficient (Wildman–Crippen LogP) is 14.1. The Morgan fingerprint density at radius 3 is 2.05 bits per heavy atom. The Morgan fingerprint density at radius 1 is 0.600 bits per heavy atom. The molecule has 0 radical (unpaired) electrons. The molecule has 11 rings (SSSR count). The first kappa shape index (κ1) is 31.5. The fourth-order valence-corrected chi connectivity index (χ4v) is 9.44. The Labute approximate surface area is 318 Å². The first-order valence-corrected chi connectivity index (χ1v) is 18.8. The van der Waals surface area contributed by atoms with Crippen molar-refractivity contribution in [3.63, 3.8) is 0 Å². The summed E-state index contributed by atoms with van der Waals surface area (Å²) in [6.07, 6.45) is 5.81. The fourth-order valence-electron chi connectivity index (χ4n) is 9.44. The lowest BCUT2D eigenvalue weighted by Crippen LogP contribution is -2.15. The van der Waals surface area contributed by atoms with Crippen LogP contribution < -0.4 is 0 Å². The summed E-state index contributed by atoms with van der Waals surface area (Å²) >= 11 is 0. The van der Waals surface area contributed by atoms with Gasteiger partial charge in [-0.15, -0.1) is 5.73 Å². The van der Waals surface area contributed by atoms with E-state index in [1.807, 2.05) is 18.2 Å². The van der Waals surface area contributed by atoms with Gasteiger partial charge in [0.25, 0.3) is 0 Å². The molecule has 0 aliphatic heterocycles. The Morgan fingerprint density at radius 2 is 1.29 bits per heavy atom. The largest absolute Gasteiger partial charge is 0.456 e. The molecule has 0 saturated carbocycles. The molecule has 1 aliphatic carbocycles. The van der Waals surface area contributed by atoms with Crippen molar-refractivity contribution in [1.82, 2.24) is 9.13 Å². The summed E-state index contributed by atoms with van der Waals surface area (Å²) in [5.74, 6) is 0. The number of hydrogen-bond donors (Lipinski definition) is 0. The molecule has 10 aromatic rings. The van der Waals surface area contributed by atoms with E-state index in [2.05, 4.69) is 181 Å². The number of allylic oxidation sites excluding steroid dienone is 4. The molecule has 3 heterocycles. The van der Waals surface area contributed by atoms with E-state index in [1.54, 1.807) is 0 Å². The second kappa shape index (κ2) is 11.5. The molecule has 0 bridgehead atoms. The molecule has 0 amide bonds. The number of fused-ring (bicyclic) bond motifs is 12. The van der Waals surface area contributed by atoms with E-state index in [0.29, 0.717) is 0 Å². The lowest BCUT2D eigenvalue weighted by molar-refractivity contribution is 0.661. The van der Waals surface area contributed by atoms with Gasteiger partial charge in [0, 0.05) is 38.4 Å². The molecule has 260 valence electrons. The van der Waals surface area contributed by atoms with Crippen molar-refractivity contribution in [2.75, 3.05) is 0 Å². The monoisotopic (exact) mass is 704 g/mol. The molecular weight excluding hydrogens is 669 g/mol. The van der Waals surface area contributed by atoms with Crippen LogP contribution in [0, 0.1) is 0 Å². The van der Waals surface area contributed by atoms with Crippen molar-refractivity contribution < 1.29 is 4.42 Å². The number of benzene rings is 7. The predicted molar refractivity (Wildman–Crippen MR) is 232 cm³/mol. The number of furan rings is 1. The van der Waals surface area contributed by atoms with E-state index < -0.39 is 0 Å². The average Bonchev–Trinajstić information content (AvgIpc) is 3.92. The Kier molecular flexibility index (Phi) is 6.56. The first-order valence-electron chi connectivity index (χ1n) is 18.8. The highest BCUT2D eigenvalue weighted by atomic mass is 16.3. The second-order valence-corrected chi connectivity index (χ2v) is 15.2. The van der Waals surface area contributed by atoms with E-state index in [1.165, 1.54) is 54.8 Å². The molecule has 3 heteroatoms. The lowest BCUT2D eigenvalue weighted by atomic mass is 9.82. The Balaban J connectivity index is 1.16. The van der Waals surface area contributed by atoms with Crippen LogP contribution in [0.3, 0.4) is 0 Å². The van der Waals surface area contributed by atoms with Gasteiger partial charge in [0.05, 0.1) is 38.8 Å². The van der Waals surface area contributed by atoms with Gasteiger partial charge >= 0.3 is 0 Å². The molecule has 55 heavy (non-hydrogen) atoms. The summed E-state index contributed by atoms with van der Waals surface area (Å²) < 4.78 is 11.3. The lowest BCUT2D eigenvalue weighted by Gasteiger charge is -2.21. The van der Waals surface area contributed by atoms with E-state index in [0.717, 1.165) is 55.5 Å². The standard InChI is InChI=1S/C52H36N2O/c1-5-14-34(15-6-2)53-46-26-24-32(28-39(46)40-30-38-35-16-7-10-19-42(35)52(3,4)43(38)31-48(40)53)33-25-27-49-41(29-33)51-47(22-13-23-50(51)55-49)54-44-20-11-8-17-36(44)37-18-9-12-21-45(37)54/h5,7-31H,1-2H2,3-4H3/b34-14+. The third-order valence-corrected chi connectivity index (χ3v) is 11.9. The van der Waals surface area contributed by atoms with Crippen LogP contribution in [0.2, 0.25) is 0 Å². The maximum absolute atomic E-state index is 6.55. The summed E-state index contributed by atoms with van der Waals surface area (Å²) in [7, 11) is 0. The molecule has 1 aliphatic rings. The van der Waals surface area contributed by atoms with Gasteiger partial charge in [0.15, 0.2) is 0 Å². The van der Waals surface area contributed by atoms with E-state index >= 15 is 0 Å². The number of para-hydroxylation sites is 2. The van der Waals surface area contributed by atoms with E-state index in [4.69, 9.17) is 4.42 Å². The molecule has 0 saturated heterocycles. The quantitative estimate of drug-likeness (QED) is 0.129. The molecule has 3 aromatic heterocycles. The van der Waals surface area contributed by atoms with Crippen LogP contribution in [-0.4, -0.2) is 9.13 Å². The van der Waals surface area contributed by atoms with Crippen molar-refractivity contribution in [2.24, 2.45) is 0 Å². The third kappa shape index (κ3) is 4.33. The Hall–Kier alpha value is -7.06. The van der Waals surface area contributed by atoms with Crippen molar-refractivity contribution >= 4 is 71.2 Å². The van der Waals surface area contributed by atoms with Crippen molar-refractivity contribution in [2.45, 2.75) is 19.3 Å².